The fourth-order valence-electron chi connectivity index (χ4n) is 1.06. The first-order chi connectivity index (χ1) is 6.18. The average Bonchev–Trinajstić information content (AvgIpc) is 2.47. The number of nitro benzene ring substituents is 1. The molecule has 0 amide bonds. The molecule has 1 aromatic heterocycles. The Bertz CT molecular complexity index is 480. The fourth-order valence-corrected chi connectivity index (χ4v) is 1.80. The van der Waals surface area contributed by atoms with Gasteiger partial charge in [0.2, 0.25) is 0 Å². The molecule has 66 valence electrons. The normalized spacial score (nSPS) is 10.5. The molecule has 2 aromatic rings. The molecule has 0 saturated heterocycles. The summed E-state index contributed by atoms with van der Waals surface area (Å²) in [6, 6.07) is 4.52. The van der Waals surface area contributed by atoms with E-state index in [4.69, 9.17) is 5.73 Å². The predicted octanol–water partition coefficient (Wildman–Crippen LogP) is 1.79. The summed E-state index contributed by atoms with van der Waals surface area (Å²) in [5.74, 6) is 0.426. The number of anilines is 1. The minimum Gasteiger partial charge on any atom is -0.382 e. The number of nitrogen functional groups attached to an aromatic ring is 1. The first-order valence-corrected chi connectivity index (χ1v) is 4.25. The lowest BCUT2D eigenvalue weighted by Gasteiger charge is -1.90. The van der Waals surface area contributed by atoms with Crippen LogP contribution in [0.2, 0.25) is 0 Å². The molecule has 0 bridgehead atoms. The van der Waals surface area contributed by atoms with Crippen LogP contribution in [0.3, 0.4) is 0 Å². The van der Waals surface area contributed by atoms with E-state index >= 15 is 0 Å². The largest absolute Gasteiger partial charge is 0.382 e. The monoisotopic (exact) mass is 195 g/mol. The van der Waals surface area contributed by atoms with Crippen LogP contribution in [-0.4, -0.2) is 9.30 Å². The van der Waals surface area contributed by atoms with Gasteiger partial charge in [0.25, 0.3) is 5.69 Å². The van der Waals surface area contributed by atoms with E-state index in [1.54, 1.807) is 6.07 Å². The highest BCUT2D eigenvalue weighted by molar-refractivity contribution is 7.13. The van der Waals surface area contributed by atoms with Gasteiger partial charge in [-0.15, -0.1) is 0 Å². The van der Waals surface area contributed by atoms with Gasteiger partial charge in [0.1, 0.15) is 5.82 Å². The first kappa shape index (κ1) is 7.93. The molecule has 0 spiro atoms. The minimum absolute atomic E-state index is 0.0659. The standard InChI is InChI=1S/C7H5N3O2S/c8-7-5-2-1-4(10(11)12)3-6(5)13-9-7/h1-3H,(H2,8,9). The predicted molar refractivity (Wildman–Crippen MR) is 50.7 cm³/mol. The molecule has 5 nitrogen and oxygen atoms in total. The number of nitrogens with two attached hydrogens (primary N) is 1. The summed E-state index contributed by atoms with van der Waals surface area (Å²) < 4.78 is 4.64. The molecule has 0 atom stereocenters. The van der Waals surface area contributed by atoms with Crippen LogP contribution >= 0.6 is 11.5 Å². The second-order valence-corrected chi connectivity index (χ2v) is 3.31. The summed E-state index contributed by atoms with van der Waals surface area (Å²) in [5.41, 5.74) is 5.60. The zero-order valence-corrected chi connectivity index (χ0v) is 7.25. The Hall–Kier alpha value is -1.69. The maximum atomic E-state index is 10.4. The van der Waals surface area contributed by atoms with Crippen LogP contribution in [0.1, 0.15) is 0 Å². The van der Waals surface area contributed by atoms with Gasteiger partial charge in [0.15, 0.2) is 0 Å². The molecule has 1 heterocycles. The zero-order chi connectivity index (χ0) is 9.42. The van der Waals surface area contributed by atoms with Crippen molar-refractivity contribution in [2.75, 3.05) is 5.73 Å². The summed E-state index contributed by atoms with van der Waals surface area (Å²) >= 11 is 1.17. The van der Waals surface area contributed by atoms with Crippen LogP contribution in [0.4, 0.5) is 11.5 Å². The van der Waals surface area contributed by atoms with Gasteiger partial charge in [-0.25, -0.2) is 0 Å². The van der Waals surface area contributed by atoms with Crippen molar-refractivity contribution in [1.29, 1.82) is 0 Å². The van der Waals surface area contributed by atoms with Gasteiger partial charge in [-0.1, -0.05) is 0 Å². The van der Waals surface area contributed by atoms with Gasteiger partial charge in [0.05, 0.1) is 9.62 Å². The highest BCUT2D eigenvalue weighted by Gasteiger charge is 2.09. The van der Waals surface area contributed by atoms with E-state index < -0.39 is 4.92 Å². The Morgan fingerprint density at radius 2 is 2.31 bits per heavy atom. The lowest BCUT2D eigenvalue weighted by molar-refractivity contribution is -0.384. The van der Waals surface area contributed by atoms with Crippen molar-refractivity contribution in [3.63, 3.8) is 0 Å². The van der Waals surface area contributed by atoms with E-state index in [-0.39, 0.29) is 5.69 Å². The Morgan fingerprint density at radius 3 is 3.00 bits per heavy atom. The summed E-state index contributed by atoms with van der Waals surface area (Å²) in [6.45, 7) is 0. The lowest BCUT2D eigenvalue weighted by Crippen LogP contribution is -1.87. The van der Waals surface area contributed by atoms with E-state index in [1.807, 2.05) is 0 Å². The number of fused-ring (bicyclic) bond motifs is 1. The van der Waals surface area contributed by atoms with Gasteiger partial charge in [-0.05, 0) is 17.6 Å². The number of hydrogen-bond donors (Lipinski definition) is 1. The maximum Gasteiger partial charge on any atom is 0.270 e. The van der Waals surface area contributed by atoms with E-state index in [2.05, 4.69) is 4.37 Å². The summed E-state index contributed by atoms with van der Waals surface area (Å²) in [7, 11) is 0. The van der Waals surface area contributed by atoms with Crippen molar-refractivity contribution in [2.24, 2.45) is 0 Å². The lowest BCUT2D eigenvalue weighted by atomic mass is 10.2. The molecule has 0 unspecified atom stereocenters. The van der Waals surface area contributed by atoms with Crippen molar-refractivity contribution in [3.8, 4) is 0 Å². The number of nitrogens with zero attached hydrogens (tertiary/aromatic N) is 2. The molecule has 1 aromatic carbocycles. The summed E-state index contributed by atoms with van der Waals surface area (Å²) in [5, 5.41) is 11.2. The van der Waals surface area contributed by atoms with Gasteiger partial charge in [-0.2, -0.15) is 4.37 Å². The van der Waals surface area contributed by atoms with Gasteiger partial charge < -0.3 is 5.73 Å². The molecule has 0 radical (unpaired) electrons. The Labute approximate surface area is 77.1 Å². The molecule has 0 aliphatic rings. The van der Waals surface area contributed by atoms with Crippen LogP contribution < -0.4 is 5.73 Å². The molecule has 0 saturated carbocycles. The minimum atomic E-state index is -0.435. The third-order valence-electron chi connectivity index (χ3n) is 1.69. The second kappa shape index (κ2) is 2.67. The molecular weight excluding hydrogens is 190 g/mol. The molecule has 0 aliphatic carbocycles. The summed E-state index contributed by atoms with van der Waals surface area (Å²) in [6.07, 6.45) is 0. The molecule has 2 rings (SSSR count). The first-order valence-electron chi connectivity index (χ1n) is 3.48. The van der Waals surface area contributed by atoms with Crippen molar-refractivity contribution in [2.45, 2.75) is 0 Å². The Kier molecular flexibility index (Phi) is 1.63. The van der Waals surface area contributed by atoms with Crippen LogP contribution in [0, 0.1) is 10.1 Å². The number of rotatable bonds is 1. The van der Waals surface area contributed by atoms with E-state index in [1.165, 1.54) is 23.7 Å². The highest BCUT2D eigenvalue weighted by Crippen LogP contribution is 2.27. The van der Waals surface area contributed by atoms with Crippen LogP contribution in [0.15, 0.2) is 18.2 Å². The van der Waals surface area contributed by atoms with Crippen molar-refractivity contribution < 1.29 is 4.92 Å². The SMILES string of the molecule is Nc1nsc2cc([N+](=O)[O-])ccc12. The van der Waals surface area contributed by atoms with Crippen LogP contribution in [0.5, 0.6) is 0 Å². The van der Waals surface area contributed by atoms with Gasteiger partial charge in [-0.3, -0.25) is 10.1 Å². The smallest absolute Gasteiger partial charge is 0.270 e. The quantitative estimate of drug-likeness (QED) is 0.555. The molecule has 2 N–H and O–H groups in total. The highest BCUT2D eigenvalue weighted by atomic mass is 32.1. The number of nitro groups is 1. The Morgan fingerprint density at radius 1 is 1.54 bits per heavy atom. The number of aromatic nitrogens is 1. The third kappa shape index (κ3) is 1.20. The molecule has 0 aliphatic heterocycles. The summed E-state index contributed by atoms with van der Waals surface area (Å²) in [4.78, 5) is 9.97. The molecule has 0 fully saturated rings. The number of non-ortho nitro benzene ring substituents is 1. The molecule has 6 heteroatoms. The van der Waals surface area contributed by atoms with E-state index in [0.717, 1.165) is 10.1 Å². The van der Waals surface area contributed by atoms with Crippen LogP contribution in [0.25, 0.3) is 10.1 Å². The average molecular weight is 195 g/mol. The maximum absolute atomic E-state index is 10.4. The fraction of sp³-hybridized carbons (Fsp3) is 0. The van der Waals surface area contributed by atoms with Crippen molar-refractivity contribution >= 4 is 33.1 Å². The van der Waals surface area contributed by atoms with Crippen molar-refractivity contribution in [1.82, 2.24) is 4.37 Å². The second-order valence-electron chi connectivity index (χ2n) is 2.51. The van der Waals surface area contributed by atoms with Gasteiger partial charge >= 0.3 is 0 Å². The topological polar surface area (TPSA) is 82.0 Å². The Balaban J connectivity index is 2.70. The van der Waals surface area contributed by atoms with E-state index in [0.29, 0.717) is 5.82 Å². The van der Waals surface area contributed by atoms with Crippen LogP contribution in [-0.2, 0) is 0 Å². The molecular formula is C7H5N3O2S. The van der Waals surface area contributed by atoms with Crippen molar-refractivity contribution in [3.05, 3.63) is 28.3 Å². The van der Waals surface area contributed by atoms with Gasteiger partial charge in [0, 0.05) is 17.5 Å². The molecule has 13 heavy (non-hydrogen) atoms. The zero-order valence-electron chi connectivity index (χ0n) is 6.43. The number of benzene rings is 1. The third-order valence-corrected chi connectivity index (χ3v) is 2.52. The number of hydrogen-bond acceptors (Lipinski definition) is 5. The van der Waals surface area contributed by atoms with E-state index in [9.17, 15) is 10.1 Å².